The first-order valence-corrected chi connectivity index (χ1v) is 10.2. The number of halogens is 1. The maximum Gasteiger partial charge on any atom is 0.253 e. The molecule has 0 aliphatic carbocycles. The fourth-order valence-electron chi connectivity index (χ4n) is 3.64. The van der Waals surface area contributed by atoms with Crippen LogP contribution in [0.1, 0.15) is 41.0 Å². The Morgan fingerprint density at radius 1 is 1.25 bits per heavy atom. The zero-order chi connectivity index (χ0) is 20.1. The summed E-state index contributed by atoms with van der Waals surface area (Å²) in [6, 6.07) is 8.94. The van der Waals surface area contributed by atoms with E-state index in [1.807, 2.05) is 24.6 Å². The summed E-state index contributed by atoms with van der Waals surface area (Å²) in [5, 5.41) is 8.06. The molecule has 0 saturated carbocycles. The molecule has 2 amide bonds. The van der Waals surface area contributed by atoms with Crippen LogP contribution in [0.5, 0.6) is 0 Å². The average molecular weight is 403 g/mol. The minimum Gasteiger partial charge on any atom is -0.356 e. The van der Waals surface area contributed by atoms with Gasteiger partial charge in [-0.15, -0.1) is 0 Å². The summed E-state index contributed by atoms with van der Waals surface area (Å²) in [5.41, 5.74) is 2.75. The summed E-state index contributed by atoms with van der Waals surface area (Å²) >= 11 is 5.89. The van der Waals surface area contributed by atoms with Gasteiger partial charge in [-0.1, -0.05) is 11.6 Å². The van der Waals surface area contributed by atoms with Crippen molar-refractivity contribution in [1.82, 2.24) is 20.0 Å². The van der Waals surface area contributed by atoms with Crippen molar-refractivity contribution < 1.29 is 9.59 Å². The molecule has 1 aliphatic rings. The van der Waals surface area contributed by atoms with Crippen LogP contribution in [0.15, 0.2) is 30.3 Å². The van der Waals surface area contributed by atoms with Crippen molar-refractivity contribution in [2.45, 2.75) is 39.7 Å². The number of amides is 2. The largest absolute Gasteiger partial charge is 0.356 e. The highest BCUT2D eigenvalue weighted by atomic mass is 35.5. The number of aromatic nitrogens is 2. The number of piperidine rings is 1. The van der Waals surface area contributed by atoms with E-state index in [1.54, 1.807) is 29.2 Å². The summed E-state index contributed by atoms with van der Waals surface area (Å²) in [6.07, 6.45) is 2.48. The van der Waals surface area contributed by atoms with Gasteiger partial charge in [-0.05, 0) is 63.4 Å². The molecule has 1 aromatic carbocycles. The van der Waals surface area contributed by atoms with Crippen molar-refractivity contribution in [2.75, 3.05) is 19.6 Å². The van der Waals surface area contributed by atoms with Gasteiger partial charge in [0.25, 0.3) is 5.91 Å². The van der Waals surface area contributed by atoms with Crippen molar-refractivity contribution in [3.63, 3.8) is 0 Å². The van der Waals surface area contributed by atoms with E-state index in [2.05, 4.69) is 10.4 Å². The Labute approximate surface area is 170 Å². The Morgan fingerprint density at radius 3 is 2.68 bits per heavy atom. The smallest absolute Gasteiger partial charge is 0.253 e. The lowest BCUT2D eigenvalue weighted by molar-refractivity contribution is -0.126. The molecule has 28 heavy (non-hydrogen) atoms. The summed E-state index contributed by atoms with van der Waals surface area (Å²) < 4.78 is 1.97. The first kappa shape index (κ1) is 20.4. The number of nitrogens with zero attached hydrogens (tertiary/aromatic N) is 3. The maximum absolute atomic E-state index is 12.7. The lowest BCUT2D eigenvalue weighted by Gasteiger charge is -2.32. The Hall–Kier alpha value is -2.34. The van der Waals surface area contributed by atoms with Gasteiger partial charge in [-0.3, -0.25) is 14.3 Å². The minimum absolute atomic E-state index is 0.0296. The third-order valence-electron chi connectivity index (χ3n) is 5.12. The van der Waals surface area contributed by atoms with Gasteiger partial charge < -0.3 is 10.2 Å². The molecule has 150 valence electrons. The summed E-state index contributed by atoms with van der Waals surface area (Å²) in [7, 11) is 0. The number of likely N-dealkylation sites (tertiary alicyclic amines) is 1. The predicted octanol–water partition coefficient (Wildman–Crippen LogP) is 3.21. The minimum atomic E-state index is -0.154. The molecule has 2 heterocycles. The van der Waals surface area contributed by atoms with E-state index >= 15 is 0 Å². The molecule has 0 bridgehead atoms. The molecule has 1 aliphatic heterocycles. The Morgan fingerprint density at radius 2 is 2.00 bits per heavy atom. The van der Waals surface area contributed by atoms with E-state index in [9.17, 15) is 9.59 Å². The van der Waals surface area contributed by atoms with Crippen LogP contribution in [0, 0.1) is 19.8 Å². The van der Waals surface area contributed by atoms with Crippen LogP contribution in [-0.4, -0.2) is 46.1 Å². The maximum atomic E-state index is 12.7. The number of hydrogen-bond acceptors (Lipinski definition) is 3. The zero-order valence-electron chi connectivity index (χ0n) is 16.4. The second-order valence-electron chi connectivity index (χ2n) is 7.39. The molecule has 1 atom stereocenters. The third-order valence-corrected chi connectivity index (χ3v) is 5.37. The van der Waals surface area contributed by atoms with Crippen molar-refractivity contribution in [2.24, 2.45) is 5.92 Å². The van der Waals surface area contributed by atoms with Crippen LogP contribution in [-0.2, 0) is 11.3 Å². The third kappa shape index (κ3) is 5.13. The summed E-state index contributed by atoms with van der Waals surface area (Å²) in [4.78, 5) is 27.0. The van der Waals surface area contributed by atoms with E-state index in [0.29, 0.717) is 30.2 Å². The van der Waals surface area contributed by atoms with Gasteiger partial charge >= 0.3 is 0 Å². The van der Waals surface area contributed by atoms with E-state index in [1.165, 1.54) is 0 Å². The van der Waals surface area contributed by atoms with Crippen molar-refractivity contribution >= 4 is 23.4 Å². The molecule has 2 aromatic rings. The lowest BCUT2D eigenvalue weighted by Crippen LogP contribution is -2.45. The van der Waals surface area contributed by atoms with Gasteiger partial charge in [0, 0.05) is 42.5 Å². The Balaban J connectivity index is 1.46. The number of nitrogens with one attached hydrogen (secondary N) is 1. The molecular formula is C21H27ClN4O2. The van der Waals surface area contributed by atoms with E-state index in [-0.39, 0.29) is 17.7 Å². The second kappa shape index (κ2) is 9.24. The highest BCUT2D eigenvalue weighted by Gasteiger charge is 2.28. The topological polar surface area (TPSA) is 67.2 Å². The molecule has 0 radical (unpaired) electrons. The number of rotatable bonds is 6. The molecule has 3 rings (SSSR count). The highest BCUT2D eigenvalue weighted by molar-refractivity contribution is 6.30. The van der Waals surface area contributed by atoms with Crippen molar-refractivity contribution in [3.05, 3.63) is 52.3 Å². The first-order valence-electron chi connectivity index (χ1n) is 9.77. The molecular weight excluding hydrogens is 376 g/mol. The van der Waals surface area contributed by atoms with Crippen molar-refractivity contribution in [1.29, 1.82) is 0 Å². The average Bonchev–Trinajstić information content (AvgIpc) is 3.02. The number of benzene rings is 1. The van der Waals surface area contributed by atoms with Crippen LogP contribution in [0.25, 0.3) is 0 Å². The van der Waals surface area contributed by atoms with Crippen LogP contribution in [0.2, 0.25) is 5.02 Å². The van der Waals surface area contributed by atoms with Crippen LogP contribution in [0.4, 0.5) is 0 Å². The van der Waals surface area contributed by atoms with Gasteiger partial charge in [-0.2, -0.15) is 5.10 Å². The van der Waals surface area contributed by atoms with Gasteiger partial charge in [0.1, 0.15) is 0 Å². The monoisotopic (exact) mass is 402 g/mol. The van der Waals surface area contributed by atoms with Crippen LogP contribution < -0.4 is 5.32 Å². The fraction of sp³-hybridized carbons (Fsp3) is 0.476. The molecule has 1 N–H and O–H groups in total. The first-order chi connectivity index (χ1) is 13.4. The molecule has 1 unspecified atom stereocenters. The molecule has 1 aromatic heterocycles. The quantitative estimate of drug-likeness (QED) is 0.754. The number of hydrogen-bond donors (Lipinski definition) is 1. The Bertz CT molecular complexity index is 831. The van der Waals surface area contributed by atoms with Crippen LogP contribution in [0.3, 0.4) is 0 Å². The second-order valence-corrected chi connectivity index (χ2v) is 7.83. The summed E-state index contributed by atoms with van der Waals surface area (Å²) in [5.74, 6) is -0.167. The van der Waals surface area contributed by atoms with E-state index in [4.69, 9.17) is 11.6 Å². The fourth-order valence-corrected chi connectivity index (χ4v) is 3.76. The summed E-state index contributed by atoms with van der Waals surface area (Å²) in [6.45, 7) is 6.55. The number of carbonyl (C=O) groups excluding carboxylic acids is 2. The highest BCUT2D eigenvalue weighted by Crippen LogP contribution is 2.20. The lowest BCUT2D eigenvalue weighted by atomic mass is 9.96. The van der Waals surface area contributed by atoms with Gasteiger partial charge in [0.2, 0.25) is 5.91 Å². The number of carbonyl (C=O) groups is 2. The van der Waals surface area contributed by atoms with Gasteiger partial charge in [0.05, 0.1) is 11.6 Å². The van der Waals surface area contributed by atoms with E-state index < -0.39 is 0 Å². The van der Waals surface area contributed by atoms with Gasteiger partial charge in [-0.25, -0.2) is 0 Å². The zero-order valence-corrected chi connectivity index (χ0v) is 17.2. The molecule has 1 saturated heterocycles. The normalized spacial score (nSPS) is 16.8. The van der Waals surface area contributed by atoms with Gasteiger partial charge in [0.15, 0.2) is 0 Å². The van der Waals surface area contributed by atoms with E-state index in [0.717, 1.165) is 37.2 Å². The predicted molar refractivity (Wildman–Crippen MR) is 109 cm³/mol. The Kier molecular flexibility index (Phi) is 6.73. The SMILES string of the molecule is Cc1cc(C)n(CCCNC(=O)C2CCCN(C(=O)c3ccc(Cl)cc3)C2)n1. The van der Waals surface area contributed by atoms with Crippen LogP contribution >= 0.6 is 11.6 Å². The molecule has 7 heteroatoms. The standard InChI is InChI=1S/C21H27ClN4O2/c1-15-13-16(2)26(24-15)12-4-10-23-20(27)18-5-3-11-25(14-18)21(28)17-6-8-19(22)9-7-17/h6-9,13,18H,3-5,10-12,14H2,1-2H3,(H,23,27). The molecule has 0 spiro atoms. The molecule has 6 nitrogen and oxygen atoms in total. The molecule has 1 fully saturated rings. The number of aryl methyl sites for hydroxylation is 3. The van der Waals surface area contributed by atoms with Crippen molar-refractivity contribution in [3.8, 4) is 0 Å².